The topological polar surface area (TPSA) is 59.2 Å². The zero-order valence-corrected chi connectivity index (χ0v) is 11.4. The van der Waals surface area contributed by atoms with Crippen molar-refractivity contribution in [1.82, 2.24) is 9.88 Å². The molecule has 2 heterocycles. The van der Waals surface area contributed by atoms with E-state index >= 15 is 0 Å². The Balaban J connectivity index is 2.07. The van der Waals surface area contributed by atoms with Gasteiger partial charge < -0.3 is 10.6 Å². The van der Waals surface area contributed by atoms with Gasteiger partial charge in [0.05, 0.1) is 5.56 Å². The van der Waals surface area contributed by atoms with Crippen LogP contribution < -0.4 is 5.73 Å². The Hall–Kier alpha value is -1.65. The number of amides is 1. The summed E-state index contributed by atoms with van der Waals surface area (Å²) in [7, 11) is 0. The van der Waals surface area contributed by atoms with Crippen LogP contribution in [0.2, 0.25) is 0 Å². The number of piperidine rings is 1. The highest BCUT2D eigenvalue weighted by atomic mass is 19.1. The standard InChI is InChI=1S/C14H20FN3O/c1-9(2)10-4-7-18(8-5-10)14(19)11-3-6-17-13(16)12(11)15/h3,6,9-10H,4-5,7-8H2,1-2H3,(H2,16,17). The van der Waals surface area contributed by atoms with Crippen molar-refractivity contribution in [1.29, 1.82) is 0 Å². The summed E-state index contributed by atoms with van der Waals surface area (Å²) in [6.07, 6.45) is 3.32. The average molecular weight is 265 g/mol. The molecule has 4 nitrogen and oxygen atoms in total. The lowest BCUT2D eigenvalue weighted by atomic mass is 9.86. The van der Waals surface area contributed by atoms with E-state index in [0.29, 0.717) is 24.9 Å². The number of aromatic nitrogens is 1. The van der Waals surface area contributed by atoms with Crippen LogP contribution in [0.25, 0.3) is 0 Å². The molecule has 0 spiro atoms. The number of hydrogen-bond donors (Lipinski definition) is 1. The average Bonchev–Trinajstić information content (AvgIpc) is 2.41. The van der Waals surface area contributed by atoms with Gasteiger partial charge in [-0.25, -0.2) is 9.37 Å². The van der Waals surface area contributed by atoms with Crippen molar-refractivity contribution in [3.8, 4) is 0 Å². The molecular weight excluding hydrogens is 245 g/mol. The van der Waals surface area contributed by atoms with Gasteiger partial charge in [-0.05, 0) is 30.7 Å². The molecule has 2 N–H and O–H groups in total. The van der Waals surface area contributed by atoms with Crippen molar-refractivity contribution in [3.05, 3.63) is 23.6 Å². The van der Waals surface area contributed by atoms with Crippen LogP contribution in [0.5, 0.6) is 0 Å². The lowest BCUT2D eigenvalue weighted by Crippen LogP contribution is -2.40. The fourth-order valence-corrected chi connectivity index (χ4v) is 2.56. The maximum atomic E-state index is 13.8. The minimum absolute atomic E-state index is 0.0236. The van der Waals surface area contributed by atoms with Crippen LogP contribution in [0.15, 0.2) is 12.3 Å². The molecule has 0 bridgehead atoms. The first-order valence-electron chi connectivity index (χ1n) is 6.70. The Morgan fingerprint density at radius 1 is 1.47 bits per heavy atom. The Bertz CT molecular complexity index is 468. The third-order valence-electron chi connectivity index (χ3n) is 3.92. The van der Waals surface area contributed by atoms with Crippen LogP contribution in [-0.2, 0) is 0 Å². The van der Waals surface area contributed by atoms with Gasteiger partial charge in [-0.15, -0.1) is 0 Å². The highest BCUT2D eigenvalue weighted by molar-refractivity contribution is 5.95. The molecule has 19 heavy (non-hydrogen) atoms. The molecule has 1 fully saturated rings. The van der Waals surface area contributed by atoms with Crippen molar-refractivity contribution in [2.45, 2.75) is 26.7 Å². The zero-order valence-electron chi connectivity index (χ0n) is 11.4. The number of nitrogen functional groups attached to an aromatic ring is 1. The van der Waals surface area contributed by atoms with E-state index in [0.717, 1.165) is 12.8 Å². The summed E-state index contributed by atoms with van der Waals surface area (Å²) in [6.45, 7) is 5.77. The van der Waals surface area contributed by atoms with E-state index in [1.165, 1.54) is 12.3 Å². The summed E-state index contributed by atoms with van der Waals surface area (Å²) in [5.41, 5.74) is 5.42. The SMILES string of the molecule is CC(C)C1CCN(C(=O)c2ccnc(N)c2F)CC1. The number of carbonyl (C=O) groups is 1. The van der Waals surface area contributed by atoms with Crippen LogP contribution in [0, 0.1) is 17.7 Å². The van der Waals surface area contributed by atoms with E-state index in [2.05, 4.69) is 18.8 Å². The van der Waals surface area contributed by atoms with E-state index in [9.17, 15) is 9.18 Å². The van der Waals surface area contributed by atoms with Crippen molar-refractivity contribution >= 4 is 11.7 Å². The molecule has 0 aromatic carbocycles. The van der Waals surface area contributed by atoms with Gasteiger partial charge in [-0.1, -0.05) is 13.8 Å². The third-order valence-corrected chi connectivity index (χ3v) is 3.92. The first kappa shape index (κ1) is 13.8. The molecule has 1 saturated heterocycles. The molecule has 1 aliphatic heterocycles. The second kappa shape index (κ2) is 5.55. The molecule has 0 saturated carbocycles. The number of carbonyl (C=O) groups excluding carboxylic acids is 1. The molecule has 1 aliphatic rings. The summed E-state index contributed by atoms with van der Waals surface area (Å²) >= 11 is 0. The summed E-state index contributed by atoms with van der Waals surface area (Å²) in [4.78, 5) is 17.6. The molecule has 1 amide bonds. The first-order valence-corrected chi connectivity index (χ1v) is 6.70. The number of hydrogen-bond acceptors (Lipinski definition) is 3. The molecule has 0 aliphatic carbocycles. The van der Waals surface area contributed by atoms with Gasteiger partial charge in [-0.2, -0.15) is 0 Å². The number of rotatable bonds is 2. The molecule has 2 rings (SSSR count). The van der Waals surface area contributed by atoms with Gasteiger partial charge in [0.2, 0.25) is 0 Å². The molecular formula is C14H20FN3O. The maximum absolute atomic E-state index is 13.8. The Morgan fingerprint density at radius 3 is 2.68 bits per heavy atom. The van der Waals surface area contributed by atoms with Gasteiger partial charge in [0.15, 0.2) is 11.6 Å². The number of nitrogens with two attached hydrogens (primary N) is 1. The van der Waals surface area contributed by atoms with E-state index in [-0.39, 0.29) is 17.3 Å². The van der Waals surface area contributed by atoms with Crippen LogP contribution in [-0.4, -0.2) is 28.9 Å². The predicted molar refractivity (Wildman–Crippen MR) is 72.1 cm³/mol. The number of likely N-dealkylation sites (tertiary alicyclic amines) is 1. The predicted octanol–water partition coefficient (Wildman–Crippen LogP) is 2.31. The Kier molecular flexibility index (Phi) is 4.02. The normalized spacial score (nSPS) is 16.9. The minimum atomic E-state index is -0.710. The van der Waals surface area contributed by atoms with Gasteiger partial charge in [0.1, 0.15) is 0 Å². The Labute approximate surface area is 112 Å². The summed E-state index contributed by atoms with van der Waals surface area (Å²) in [5, 5.41) is 0. The fourth-order valence-electron chi connectivity index (χ4n) is 2.56. The highest BCUT2D eigenvalue weighted by Gasteiger charge is 2.27. The molecule has 0 radical (unpaired) electrons. The van der Waals surface area contributed by atoms with Gasteiger partial charge in [0, 0.05) is 19.3 Å². The summed E-state index contributed by atoms with van der Waals surface area (Å²) in [5.74, 6) is 0.0668. The monoisotopic (exact) mass is 265 g/mol. The second-order valence-electron chi connectivity index (χ2n) is 5.43. The van der Waals surface area contributed by atoms with Crippen LogP contribution in [0.1, 0.15) is 37.0 Å². The number of halogens is 1. The largest absolute Gasteiger partial charge is 0.381 e. The number of anilines is 1. The van der Waals surface area contributed by atoms with Crippen molar-refractivity contribution in [2.75, 3.05) is 18.8 Å². The van der Waals surface area contributed by atoms with Crippen molar-refractivity contribution < 1.29 is 9.18 Å². The third kappa shape index (κ3) is 2.85. The molecule has 5 heteroatoms. The lowest BCUT2D eigenvalue weighted by molar-refractivity contribution is 0.0663. The Morgan fingerprint density at radius 2 is 2.11 bits per heavy atom. The van der Waals surface area contributed by atoms with Crippen LogP contribution in [0.4, 0.5) is 10.2 Å². The minimum Gasteiger partial charge on any atom is -0.381 e. The molecule has 1 aromatic rings. The maximum Gasteiger partial charge on any atom is 0.257 e. The first-order chi connectivity index (χ1) is 9.00. The van der Waals surface area contributed by atoms with Gasteiger partial charge in [-0.3, -0.25) is 4.79 Å². The van der Waals surface area contributed by atoms with E-state index in [1.807, 2.05) is 0 Å². The van der Waals surface area contributed by atoms with Crippen molar-refractivity contribution in [3.63, 3.8) is 0 Å². The molecule has 0 atom stereocenters. The highest BCUT2D eigenvalue weighted by Crippen LogP contribution is 2.26. The zero-order chi connectivity index (χ0) is 14.0. The quantitative estimate of drug-likeness (QED) is 0.892. The lowest BCUT2D eigenvalue weighted by Gasteiger charge is -2.34. The molecule has 104 valence electrons. The number of nitrogens with zero attached hydrogens (tertiary/aromatic N) is 2. The fraction of sp³-hybridized carbons (Fsp3) is 0.571. The van der Waals surface area contributed by atoms with Crippen LogP contribution in [0.3, 0.4) is 0 Å². The molecule has 0 unspecified atom stereocenters. The van der Waals surface area contributed by atoms with E-state index < -0.39 is 5.82 Å². The molecule has 1 aromatic heterocycles. The van der Waals surface area contributed by atoms with E-state index in [4.69, 9.17) is 5.73 Å². The summed E-state index contributed by atoms with van der Waals surface area (Å²) < 4.78 is 13.8. The van der Waals surface area contributed by atoms with Gasteiger partial charge in [0.25, 0.3) is 5.91 Å². The number of pyridine rings is 1. The smallest absolute Gasteiger partial charge is 0.257 e. The van der Waals surface area contributed by atoms with E-state index in [1.54, 1.807) is 4.90 Å². The van der Waals surface area contributed by atoms with Gasteiger partial charge >= 0.3 is 0 Å². The second-order valence-corrected chi connectivity index (χ2v) is 5.43. The summed E-state index contributed by atoms with van der Waals surface area (Å²) in [6, 6.07) is 1.39. The van der Waals surface area contributed by atoms with Crippen molar-refractivity contribution in [2.24, 2.45) is 11.8 Å². The van der Waals surface area contributed by atoms with Crippen LogP contribution >= 0.6 is 0 Å².